The predicted molar refractivity (Wildman–Crippen MR) is 119 cm³/mol. The van der Waals surface area contributed by atoms with Gasteiger partial charge in [-0.3, -0.25) is 25.4 Å². The first-order valence-electron chi connectivity index (χ1n) is 10.2. The number of hydrazine groups is 1. The van der Waals surface area contributed by atoms with E-state index >= 15 is 0 Å². The number of nitrogens with zero attached hydrogens (tertiary/aromatic N) is 3. The average molecular weight is 475 g/mol. The van der Waals surface area contributed by atoms with Crippen molar-refractivity contribution >= 4 is 33.2 Å². The van der Waals surface area contributed by atoms with E-state index in [1.54, 1.807) is 30.7 Å². The van der Waals surface area contributed by atoms with Gasteiger partial charge in [0.25, 0.3) is 11.5 Å². The van der Waals surface area contributed by atoms with Gasteiger partial charge in [-0.15, -0.1) is 0 Å². The number of pyridine rings is 1. The Kier molecular flexibility index (Phi) is 5.57. The van der Waals surface area contributed by atoms with Crippen LogP contribution in [0.5, 0.6) is 0 Å². The minimum absolute atomic E-state index is 0.187. The maximum Gasteiger partial charge on any atom is 0.283 e. The molecule has 0 saturated heterocycles. The van der Waals surface area contributed by atoms with Gasteiger partial charge in [-0.2, -0.15) is 5.10 Å². The zero-order valence-corrected chi connectivity index (χ0v) is 18.9. The molecule has 3 fully saturated rings. The van der Waals surface area contributed by atoms with Crippen LogP contribution in [0.15, 0.2) is 40.0 Å². The van der Waals surface area contributed by atoms with Gasteiger partial charge >= 0.3 is 0 Å². The van der Waals surface area contributed by atoms with E-state index in [9.17, 15) is 9.59 Å². The summed E-state index contributed by atoms with van der Waals surface area (Å²) in [5.74, 6) is 1.58. The summed E-state index contributed by atoms with van der Waals surface area (Å²) in [6, 6.07) is 3.76. The molecule has 30 heavy (non-hydrogen) atoms. The normalized spacial score (nSPS) is 26.4. The number of rotatable bonds is 6. The lowest BCUT2D eigenvalue weighted by Crippen LogP contribution is -2.58. The summed E-state index contributed by atoms with van der Waals surface area (Å²) in [4.78, 5) is 28.8. The zero-order valence-electron chi connectivity index (χ0n) is 17.4. The van der Waals surface area contributed by atoms with E-state index in [0.29, 0.717) is 39.1 Å². The molecule has 0 unspecified atom stereocenters. The van der Waals surface area contributed by atoms with Crippen LogP contribution in [0.25, 0.3) is 0 Å². The quantitative estimate of drug-likeness (QED) is 0.556. The monoisotopic (exact) mass is 474 g/mol. The molecule has 2 aromatic rings. The third-order valence-electron chi connectivity index (χ3n) is 7.00. The highest BCUT2D eigenvalue weighted by molar-refractivity contribution is 9.10. The van der Waals surface area contributed by atoms with Crippen molar-refractivity contribution in [3.63, 3.8) is 0 Å². The highest BCUT2D eigenvalue weighted by Gasteiger charge is 2.56. The first kappa shape index (κ1) is 20.8. The molecule has 2 aromatic heterocycles. The Hall–Kier alpha value is -2.42. The minimum atomic E-state index is -0.378. The topological polar surface area (TPSA) is 101 Å². The molecule has 0 spiro atoms. The second-order valence-corrected chi connectivity index (χ2v) is 9.74. The molecule has 0 radical (unpaired) electrons. The first-order chi connectivity index (χ1) is 14.3. The van der Waals surface area contributed by atoms with Crippen LogP contribution < -0.4 is 21.7 Å². The van der Waals surface area contributed by atoms with Crippen LogP contribution in [0.2, 0.25) is 0 Å². The number of nitrogens with one attached hydrogen (secondary N) is 3. The highest BCUT2D eigenvalue weighted by atomic mass is 79.9. The Balaban J connectivity index is 1.39. The van der Waals surface area contributed by atoms with Gasteiger partial charge in [0.2, 0.25) is 0 Å². The molecule has 3 N–H and O–H groups in total. The van der Waals surface area contributed by atoms with Crippen LogP contribution in [-0.4, -0.2) is 26.7 Å². The number of carbonyl (C=O) groups is 1. The van der Waals surface area contributed by atoms with Gasteiger partial charge in [0.1, 0.15) is 11.0 Å². The Morgan fingerprint density at radius 2 is 2.03 bits per heavy atom. The van der Waals surface area contributed by atoms with E-state index < -0.39 is 0 Å². The van der Waals surface area contributed by atoms with Gasteiger partial charge in [0, 0.05) is 18.4 Å². The van der Waals surface area contributed by atoms with Gasteiger partial charge in [0.05, 0.1) is 17.6 Å². The van der Waals surface area contributed by atoms with Crippen molar-refractivity contribution in [1.82, 2.24) is 20.2 Å². The van der Waals surface area contributed by atoms with Crippen LogP contribution >= 0.6 is 15.9 Å². The van der Waals surface area contributed by atoms with Crippen molar-refractivity contribution in [2.24, 2.45) is 23.2 Å². The molecule has 3 saturated carbocycles. The van der Waals surface area contributed by atoms with Gasteiger partial charge in [-0.1, -0.05) is 20.8 Å². The molecule has 2 bridgehead atoms. The molecular weight excluding hydrogens is 448 g/mol. The van der Waals surface area contributed by atoms with Gasteiger partial charge in [-0.05, 0) is 64.1 Å². The van der Waals surface area contributed by atoms with E-state index in [1.807, 2.05) is 0 Å². The maximum absolute atomic E-state index is 12.7. The molecule has 1 amide bonds. The summed E-state index contributed by atoms with van der Waals surface area (Å²) in [7, 11) is 0. The lowest BCUT2D eigenvalue weighted by Gasteiger charge is -2.62. The summed E-state index contributed by atoms with van der Waals surface area (Å²) < 4.78 is 1.54. The third-order valence-corrected chi connectivity index (χ3v) is 7.77. The Labute approximate surface area is 184 Å². The van der Waals surface area contributed by atoms with Gasteiger partial charge < -0.3 is 5.32 Å². The fourth-order valence-corrected chi connectivity index (χ4v) is 5.39. The Morgan fingerprint density at radius 3 is 2.70 bits per heavy atom. The number of anilines is 2. The molecule has 5 rings (SSSR count). The third kappa shape index (κ3) is 3.82. The number of halogens is 1. The van der Waals surface area contributed by atoms with Crippen LogP contribution in [0.1, 0.15) is 33.6 Å². The predicted octanol–water partition coefficient (Wildman–Crippen LogP) is 3.03. The molecule has 3 aliphatic carbocycles. The molecule has 9 heteroatoms. The smallest absolute Gasteiger partial charge is 0.283 e. The molecule has 8 nitrogen and oxygen atoms in total. The number of carbonyl (C=O) groups excluding carboxylic acids is 1. The van der Waals surface area contributed by atoms with E-state index in [-0.39, 0.29) is 18.0 Å². The van der Waals surface area contributed by atoms with Crippen LogP contribution in [0, 0.1) is 23.2 Å². The second-order valence-electron chi connectivity index (χ2n) is 8.95. The summed E-state index contributed by atoms with van der Waals surface area (Å²) in [6.45, 7) is 6.84. The molecule has 0 aliphatic heterocycles. The van der Waals surface area contributed by atoms with Crippen LogP contribution in [0.4, 0.5) is 11.4 Å². The number of hydrogen-bond donors (Lipinski definition) is 3. The van der Waals surface area contributed by atoms with Gasteiger partial charge in [0.15, 0.2) is 0 Å². The molecule has 0 aromatic carbocycles. The average Bonchev–Trinajstić information content (AvgIpc) is 2.73. The second kappa shape index (κ2) is 8.02. The summed E-state index contributed by atoms with van der Waals surface area (Å²) in [6.07, 6.45) is 7.24. The molecule has 2 heterocycles. The number of aromatic nitrogens is 3. The van der Waals surface area contributed by atoms with E-state index in [4.69, 9.17) is 0 Å². The SMILES string of the molecule is C[C@@H]1[C@H]2C[C@@H](C[C@H]1Nc1cnn(CC(=O)NNc3ccncc3)c(=O)c1Br)C2(C)C. The molecule has 3 aliphatic rings. The van der Waals surface area contributed by atoms with Crippen LogP contribution in [-0.2, 0) is 11.3 Å². The maximum atomic E-state index is 12.7. The first-order valence-corrected chi connectivity index (χ1v) is 11.0. The van der Waals surface area contributed by atoms with Crippen molar-refractivity contribution in [3.05, 3.63) is 45.5 Å². The largest absolute Gasteiger partial charge is 0.380 e. The minimum Gasteiger partial charge on any atom is -0.380 e. The number of amides is 1. The Bertz CT molecular complexity index is 993. The number of hydrogen-bond acceptors (Lipinski definition) is 6. The lowest BCUT2D eigenvalue weighted by molar-refractivity contribution is -0.121. The van der Waals surface area contributed by atoms with E-state index in [2.05, 4.69) is 63.0 Å². The van der Waals surface area contributed by atoms with Crippen molar-refractivity contribution in [3.8, 4) is 0 Å². The fourth-order valence-electron chi connectivity index (χ4n) is 4.97. The van der Waals surface area contributed by atoms with E-state index in [1.165, 1.54) is 6.42 Å². The standard InChI is InChI=1S/C21H27BrN6O2/c1-12-15-8-13(21(15,2)3)9-16(12)25-17-10-24-28(20(30)19(17)22)11-18(29)27-26-14-4-6-23-7-5-14/h4-7,10,12-13,15-16,25H,8-9,11H2,1-3H3,(H,23,26)(H,27,29)/t12-,13+,15-,16-/m1/s1. The van der Waals surface area contributed by atoms with Gasteiger partial charge in [-0.25, -0.2) is 4.68 Å². The summed E-state index contributed by atoms with van der Waals surface area (Å²) >= 11 is 3.40. The van der Waals surface area contributed by atoms with Crippen molar-refractivity contribution in [2.45, 2.75) is 46.2 Å². The van der Waals surface area contributed by atoms with E-state index in [0.717, 1.165) is 17.0 Å². The zero-order chi connectivity index (χ0) is 21.5. The summed E-state index contributed by atoms with van der Waals surface area (Å²) in [5, 5.41) is 7.72. The fraction of sp³-hybridized carbons (Fsp3) is 0.524. The van der Waals surface area contributed by atoms with Crippen molar-refractivity contribution in [1.29, 1.82) is 0 Å². The van der Waals surface area contributed by atoms with Crippen molar-refractivity contribution in [2.75, 3.05) is 10.7 Å². The highest BCUT2D eigenvalue weighted by Crippen LogP contribution is 2.61. The number of fused-ring (bicyclic) bond motifs is 2. The molecule has 4 atom stereocenters. The Morgan fingerprint density at radius 1 is 1.30 bits per heavy atom. The molecular formula is C21H27BrN6O2. The lowest BCUT2D eigenvalue weighted by atomic mass is 9.45. The van der Waals surface area contributed by atoms with Crippen molar-refractivity contribution < 1.29 is 4.79 Å². The summed E-state index contributed by atoms with van der Waals surface area (Å²) in [5.41, 5.74) is 6.78. The van der Waals surface area contributed by atoms with Crippen LogP contribution in [0.3, 0.4) is 0 Å². The molecule has 160 valence electrons.